The summed E-state index contributed by atoms with van der Waals surface area (Å²) in [7, 11) is 0. The van der Waals surface area contributed by atoms with E-state index in [1.165, 1.54) is 83.1 Å². The number of hydrogen-bond acceptors (Lipinski definition) is 0. The lowest BCUT2D eigenvalue weighted by molar-refractivity contribution is 0.796. The molecule has 0 radical (unpaired) electrons. The van der Waals surface area contributed by atoms with Crippen LogP contribution in [0.2, 0.25) is 0 Å². The number of rotatable bonds is 2. The van der Waals surface area contributed by atoms with Crippen LogP contribution in [0.5, 0.6) is 0 Å². The van der Waals surface area contributed by atoms with Crippen LogP contribution in [-0.2, 0) is 5.41 Å². The Kier molecular flexibility index (Phi) is 5.13. The molecule has 7 aromatic carbocycles. The molecule has 1 spiro atoms. The van der Waals surface area contributed by atoms with E-state index in [9.17, 15) is 0 Å². The van der Waals surface area contributed by atoms with Crippen LogP contribution >= 0.6 is 15.9 Å². The number of nitrogens with zero attached hydrogens (tertiary/aromatic N) is 1. The van der Waals surface area contributed by atoms with E-state index < -0.39 is 5.41 Å². The number of aromatic nitrogens is 1. The molecule has 2 aliphatic carbocycles. The van der Waals surface area contributed by atoms with E-state index >= 15 is 0 Å². The zero-order valence-corrected chi connectivity index (χ0v) is 25.9. The predicted molar refractivity (Wildman–Crippen MR) is 190 cm³/mol. The van der Waals surface area contributed by atoms with Crippen LogP contribution in [0, 0.1) is 0 Å². The van der Waals surface area contributed by atoms with E-state index in [4.69, 9.17) is 0 Å². The highest BCUT2D eigenvalue weighted by Crippen LogP contribution is 2.65. The first-order valence-electron chi connectivity index (χ1n) is 15.5. The summed E-state index contributed by atoms with van der Waals surface area (Å²) < 4.78 is 3.66. The second-order valence-corrected chi connectivity index (χ2v) is 13.0. The summed E-state index contributed by atoms with van der Waals surface area (Å²) in [6.07, 6.45) is 0. The summed E-state index contributed by atoms with van der Waals surface area (Å²) in [5.74, 6) is 0. The van der Waals surface area contributed by atoms with Crippen LogP contribution < -0.4 is 0 Å². The van der Waals surface area contributed by atoms with Gasteiger partial charge in [-0.1, -0.05) is 149 Å². The van der Waals surface area contributed by atoms with Gasteiger partial charge in [0.05, 0.1) is 16.4 Å². The van der Waals surface area contributed by atoms with Gasteiger partial charge in [-0.2, -0.15) is 0 Å². The third kappa shape index (κ3) is 3.17. The van der Waals surface area contributed by atoms with Gasteiger partial charge in [0.2, 0.25) is 0 Å². The quantitative estimate of drug-likeness (QED) is 0.178. The fourth-order valence-corrected chi connectivity index (χ4v) is 8.97. The van der Waals surface area contributed by atoms with E-state index in [1.807, 2.05) is 0 Å². The van der Waals surface area contributed by atoms with Gasteiger partial charge in [-0.25, -0.2) is 0 Å². The van der Waals surface area contributed by atoms with Gasteiger partial charge in [0, 0.05) is 32.1 Å². The maximum atomic E-state index is 3.98. The van der Waals surface area contributed by atoms with Crippen molar-refractivity contribution in [3.05, 3.63) is 184 Å². The molecule has 1 atom stereocenters. The molecule has 45 heavy (non-hydrogen) atoms. The first kappa shape index (κ1) is 25.2. The summed E-state index contributed by atoms with van der Waals surface area (Å²) in [5, 5.41) is 2.55. The molecule has 0 saturated heterocycles. The van der Waals surface area contributed by atoms with Gasteiger partial charge in [0.15, 0.2) is 0 Å². The summed E-state index contributed by atoms with van der Waals surface area (Å²) in [4.78, 5) is 0. The lowest BCUT2D eigenvalue weighted by atomic mass is 9.70. The maximum Gasteiger partial charge on any atom is 0.0746 e. The Morgan fingerprint density at radius 1 is 0.444 bits per heavy atom. The molecule has 0 bridgehead atoms. The molecule has 0 saturated carbocycles. The van der Waals surface area contributed by atoms with Gasteiger partial charge >= 0.3 is 0 Å². The topological polar surface area (TPSA) is 4.93 Å². The molecule has 0 N–H and O–H groups in total. The third-order valence-corrected chi connectivity index (χ3v) is 10.7. The molecule has 0 fully saturated rings. The van der Waals surface area contributed by atoms with Crippen LogP contribution in [0.3, 0.4) is 0 Å². The van der Waals surface area contributed by atoms with E-state index in [-0.39, 0.29) is 0 Å². The summed E-state index contributed by atoms with van der Waals surface area (Å²) >= 11 is 3.98. The molecule has 0 amide bonds. The average Bonchev–Trinajstić information content (AvgIpc) is 3.71. The zero-order valence-electron chi connectivity index (χ0n) is 24.3. The number of para-hydroxylation sites is 1. The first-order valence-corrected chi connectivity index (χ1v) is 16.3. The van der Waals surface area contributed by atoms with Crippen molar-refractivity contribution >= 4 is 37.7 Å². The predicted octanol–water partition coefficient (Wildman–Crippen LogP) is 11.6. The minimum Gasteiger partial charge on any atom is -0.309 e. The van der Waals surface area contributed by atoms with Crippen molar-refractivity contribution in [2.24, 2.45) is 0 Å². The summed E-state index contributed by atoms with van der Waals surface area (Å²) in [6, 6.07) is 58.2. The van der Waals surface area contributed by atoms with Crippen molar-refractivity contribution in [2.45, 2.75) is 5.41 Å². The van der Waals surface area contributed by atoms with Crippen molar-refractivity contribution in [3.63, 3.8) is 0 Å². The standard InChI is InChI=1S/C43H26BrN/c44-38-19-10-18-37-40(38)34-15-5-8-17-36(34)43(37)35-16-7-4-13-30(35)32-25-26-33-31-14-6-9-20-39(31)45(42(33)41(32)43)29-23-21-28(22-24-29)27-11-2-1-3-12-27/h1-26H. The molecular weight excluding hydrogens is 610 g/mol. The first-order chi connectivity index (χ1) is 22.3. The molecule has 0 aliphatic heterocycles. The molecule has 1 heterocycles. The highest BCUT2D eigenvalue weighted by molar-refractivity contribution is 9.10. The Bertz CT molecular complexity index is 2490. The molecule has 1 nitrogen and oxygen atoms in total. The van der Waals surface area contributed by atoms with Gasteiger partial charge < -0.3 is 4.57 Å². The smallest absolute Gasteiger partial charge is 0.0746 e. The summed E-state index contributed by atoms with van der Waals surface area (Å²) in [6.45, 7) is 0. The minimum atomic E-state index is -0.447. The number of halogens is 1. The maximum absolute atomic E-state index is 3.98. The Labute approximate surface area is 270 Å². The van der Waals surface area contributed by atoms with Gasteiger partial charge in [-0.3, -0.25) is 0 Å². The Balaban J connectivity index is 1.38. The van der Waals surface area contributed by atoms with Crippen LogP contribution in [0.4, 0.5) is 0 Å². The zero-order chi connectivity index (χ0) is 29.7. The second-order valence-electron chi connectivity index (χ2n) is 12.2. The number of fused-ring (bicyclic) bond motifs is 14. The normalized spacial score (nSPS) is 15.8. The molecule has 8 aromatic rings. The van der Waals surface area contributed by atoms with Crippen molar-refractivity contribution < 1.29 is 0 Å². The Hall–Kier alpha value is -5.18. The number of hydrogen-bond donors (Lipinski definition) is 0. The van der Waals surface area contributed by atoms with Crippen molar-refractivity contribution in [3.8, 4) is 39.1 Å². The van der Waals surface area contributed by atoms with Crippen LogP contribution in [0.15, 0.2) is 162 Å². The fraction of sp³-hybridized carbons (Fsp3) is 0.0233. The third-order valence-electron chi connectivity index (χ3n) is 10.1. The van der Waals surface area contributed by atoms with Crippen molar-refractivity contribution in [2.75, 3.05) is 0 Å². The van der Waals surface area contributed by atoms with Crippen molar-refractivity contribution in [1.82, 2.24) is 4.57 Å². The average molecular weight is 637 g/mol. The highest BCUT2D eigenvalue weighted by atomic mass is 79.9. The SMILES string of the molecule is Brc1cccc2c1-c1ccccc1C21c2ccccc2-c2ccc3c4ccccc4n(-c4ccc(-c5ccccc5)cc4)c3c21. The van der Waals surface area contributed by atoms with Crippen LogP contribution in [0.1, 0.15) is 22.3 Å². The largest absolute Gasteiger partial charge is 0.309 e. The molecule has 10 rings (SSSR count). The number of benzene rings is 7. The van der Waals surface area contributed by atoms with Gasteiger partial charge in [0.1, 0.15) is 0 Å². The lowest BCUT2D eigenvalue weighted by Crippen LogP contribution is -2.26. The Morgan fingerprint density at radius 2 is 1.09 bits per heavy atom. The van der Waals surface area contributed by atoms with E-state index in [0.717, 1.165) is 4.47 Å². The lowest BCUT2D eigenvalue weighted by Gasteiger charge is -2.31. The molecule has 2 heteroatoms. The Morgan fingerprint density at radius 3 is 1.91 bits per heavy atom. The van der Waals surface area contributed by atoms with E-state index in [0.29, 0.717) is 0 Å². The molecule has 1 unspecified atom stereocenters. The highest BCUT2D eigenvalue weighted by Gasteiger charge is 2.53. The van der Waals surface area contributed by atoms with E-state index in [1.54, 1.807) is 0 Å². The monoisotopic (exact) mass is 635 g/mol. The fourth-order valence-electron chi connectivity index (χ4n) is 8.39. The second kappa shape index (κ2) is 9.17. The molecule has 1 aromatic heterocycles. The van der Waals surface area contributed by atoms with E-state index in [2.05, 4.69) is 178 Å². The molecular formula is C43H26BrN. The van der Waals surface area contributed by atoms with Gasteiger partial charge in [-0.05, 0) is 68.8 Å². The van der Waals surface area contributed by atoms with Crippen LogP contribution in [-0.4, -0.2) is 4.57 Å². The summed E-state index contributed by atoms with van der Waals surface area (Å²) in [5.41, 5.74) is 16.3. The van der Waals surface area contributed by atoms with Gasteiger partial charge in [-0.15, -0.1) is 0 Å². The van der Waals surface area contributed by atoms with Crippen molar-refractivity contribution in [1.29, 1.82) is 0 Å². The van der Waals surface area contributed by atoms with Crippen LogP contribution in [0.25, 0.3) is 60.9 Å². The van der Waals surface area contributed by atoms with Gasteiger partial charge in [0.25, 0.3) is 0 Å². The molecule has 210 valence electrons. The molecule has 2 aliphatic rings. The minimum absolute atomic E-state index is 0.447.